The molecule has 0 aliphatic carbocycles. The molecule has 1 rings (SSSR count). The van der Waals surface area contributed by atoms with Crippen molar-refractivity contribution in [2.75, 3.05) is 5.23 Å². The summed E-state index contributed by atoms with van der Waals surface area (Å²) < 4.78 is 0. The Morgan fingerprint density at radius 2 is 2.17 bits per heavy atom. The van der Waals surface area contributed by atoms with Crippen LogP contribution in [0.15, 0.2) is 37.1 Å². The summed E-state index contributed by atoms with van der Waals surface area (Å²) in [7, 11) is 0. The summed E-state index contributed by atoms with van der Waals surface area (Å²) in [6.45, 7) is 5.13. The minimum atomic E-state index is 0.433. The summed E-state index contributed by atoms with van der Waals surface area (Å²) in [6, 6.07) is 7.17. The molecule has 0 N–H and O–H groups in total. The molecule has 0 aliphatic rings. The van der Waals surface area contributed by atoms with Crippen LogP contribution in [0.2, 0.25) is 0 Å². The van der Waals surface area contributed by atoms with Crippen molar-refractivity contribution in [1.82, 2.24) is 0 Å². The maximum absolute atomic E-state index is 11.1. The largest absolute Gasteiger partial charge is 0.724 e. The first kappa shape index (κ1) is 8.62. The first-order valence-corrected chi connectivity index (χ1v) is 3.56. The summed E-state index contributed by atoms with van der Waals surface area (Å²) in [5.41, 5.74) is 1.37. The highest BCUT2D eigenvalue weighted by Gasteiger charge is 1.96. The second-order valence-corrected chi connectivity index (χ2v) is 2.32. The number of nitrogens with zero attached hydrogens (tertiary/aromatic N) is 1. The van der Waals surface area contributed by atoms with Crippen LogP contribution in [0.1, 0.15) is 5.56 Å². The maximum atomic E-state index is 11.1. The van der Waals surface area contributed by atoms with Crippen LogP contribution in [0, 0.1) is 12.1 Å². The monoisotopic (exact) mass is 164 g/mol. The van der Waals surface area contributed by atoms with E-state index in [2.05, 4.69) is 11.4 Å². The Bertz CT molecular complexity index is 273. The van der Waals surface area contributed by atoms with Gasteiger partial charge >= 0.3 is 0 Å². The molecule has 0 heterocycles. The lowest BCUT2D eigenvalue weighted by atomic mass is 10.2. The Balaban J connectivity index is 2.86. The van der Waals surface area contributed by atoms with Crippen LogP contribution in [0.25, 0.3) is 0 Å². The van der Waals surface area contributed by atoms with E-state index in [0.29, 0.717) is 10.9 Å². The number of aryl methyl sites for hydroxylation is 1. The van der Waals surface area contributed by atoms with Crippen LogP contribution in [0.3, 0.4) is 0 Å². The maximum Gasteiger partial charge on any atom is 0.111 e. The summed E-state index contributed by atoms with van der Waals surface area (Å²) >= 11 is 0. The smallest absolute Gasteiger partial charge is 0.111 e. The van der Waals surface area contributed by atoms with E-state index in [1.54, 1.807) is 12.1 Å². The SMILES string of the molecule is C=CON([O-])c1ccccc1C. The van der Waals surface area contributed by atoms with E-state index in [0.717, 1.165) is 11.8 Å². The molecular weight excluding hydrogens is 154 g/mol. The molecule has 1 aromatic carbocycles. The molecule has 3 heteroatoms. The highest BCUT2D eigenvalue weighted by molar-refractivity contribution is 5.51. The molecule has 1 aromatic rings. The fraction of sp³-hybridized carbons (Fsp3) is 0.111. The van der Waals surface area contributed by atoms with E-state index in [1.807, 2.05) is 19.1 Å². The minimum absolute atomic E-state index is 0.433. The van der Waals surface area contributed by atoms with Crippen molar-refractivity contribution in [3.05, 3.63) is 47.9 Å². The average molecular weight is 164 g/mol. The van der Waals surface area contributed by atoms with Crippen LogP contribution in [-0.4, -0.2) is 0 Å². The number of anilines is 1. The highest BCUT2D eigenvalue weighted by atomic mass is 16.9. The summed E-state index contributed by atoms with van der Waals surface area (Å²) in [6.07, 6.45) is 1.10. The van der Waals surface area contributed by atoms with Gasteiger partial charge in [0, 0.05) is 0 Å². The summed E-state index contributed by atoms with van der Waals surface area (Å²) in [4.78, 5) is 4.55. The van der Waals surface area contributed by atoms with Crippen molar-refractivity contribution in [1.29, 1.82) is 0 Å². The Morgan fingerprint density at radius 1 is 1.50 bits per heavy atom. The van der Waals surface area contributed by atoms with Gasteiger partial charge in [0.1, 0.15) is 6.26 Å². The van der Waals surface area contributed by atoms with Gasteiger partial charge in [0.2, 0.25) is 0 Å². The van der Waals surface area contributed by atoms with Crippen LogP contribution in [0.5, 0.6) is 0 Å². The van der Waals surface area contributed by atoms with Gasteiger partial charge in [0.05, 0.1) is 5.69 Å². The van der Waals surface area contributed by atoms with E-state index in [4.69, 9.17) is 0 Å². The second kappa shape index (κ2) is 3.78. The standard InChI is InChI=1S/C9H10NO2/c1-3-12-10(11)9-7-5-4-6-8(9)2/h3-7H,1H2,2H3/q-1. The number of rotatable bonds is 3. The molecule has 0 aliphatic heterocycles. The molecule has 0 radical (unpaired) electrons. The second-order valence-electron chi connectivity index (χ2n) is 2.32. The predicted octanol–water partition coefficient (Wildman–Crippen LogP) is 2.37. The van der Waals surface area contributed by atoms with Crippen LogP contribution in [0.4, 0.5) is 5.69 Å². The number of hydrogen-bond acceptors (Lipinski definition) is 3. The lowest BCUT2D eigenvalue weighted by Crippen LogP contribution is -2.12. The van der Waals surface area contributed by atoms with E-state index in [1.165, 1.54) is 0 Å². The zero-order valence-corrected chi connectivity index (χ0v) is 6.86. The quantitative estimate of drug-likeness (QED) is 0.508. The third-order valence-corrected chi connectivity index (χ3v) is 1.48. The van der Waals surface area contributed by atoms with E-state index >= 15 is 0 Å². The molecule has 0 unspecified atom stereocenters. The molecule has 0 saturated heterocycles. The summed E-state index contributed by atoms with van der Waals surface area (Å²) in [5, 5.41) is 11.5. The highest BCUT2D eigenvalue weighted by Crippen LogP contribution is 2.18. The zero-order valence-electron chi connectivity index (χ0n) is 6.86. The lowest BCUT2D eigenvalue weighted by molar-refractivity contribution is 0.251. The van der Waals surface area contributed by atoms with Gasteiger partial charge in [-0.05, 0) is 18.6 Å². The van der Waals surface area contributed by atoms with Crippen LogP contribution >= 0.6 is 0 Å². The van der Waals surface area contributed by atoms with Crippen LogP contribution < -0.4 is 5.23 Å². The van der Waals surface area contributed by atoms with Crippen molar-refractivity contribution < 1.29 is 4.84 Å². The first-order valence-electron chi connectivity index (χ1n) is 3.56. The average Bonchev–Trinajstić information content (AvgIpc) is 2.05. The fourth-order valence-electron chi connectivity index (χ4n) is 0.893. The van der Waals surface area contributed by atoms with Crippen molar-refractivity contribution in [3.63, 3.8) is 0 Å². The van der Waals surface area contributed by atoms with Gasteiger partial charge in [-0.1, -0.05) is 24.8 Å². The Kier molecular flexibility index (Phi) is 2.71. The Labute approximate surface area is 71.4 Å². The van der Waals surface area contributed by atoms with Crippen molar-refractivity contribution in [2.24, 2.45) is 0 Å². The van der Waals surface area contributed by atoms with Gasteiger partial charge in [0.25, 0.3) is 0 Å². The van der Waals surface area contributed by atoms with Gasteiger partial charge in [0.15, 0.2) is 0 Å². The normalized spacial score (nSPS) is 9.17. The van der Waals surface area contributed by atoms with Gasteiger partial charge < -0.3 is 10.0 Å². The van der Waals surface area contributed by atoms with Gasteiger partial charge in [-0.2, -0.15) is 0 Å². The first-order chi connectivity index (χ1) is 5.75. The predicted molar refractivity (Wildman–Crippen MR) is 48.3 cm³/mol. The van der Waals surface area contributed by atoms with Crippen LogP contribution in [-0.2, 0) is 4.84 Å². The number of hydrogen-bond donors (Lipinski definition) is 0. The topological polar surface area (TPSA) is 35.5 Å². The molecule has 64 valence electrons. The van der Waals surface area contributed by atoms with Crippen molar-refractivity contribution in [2.45, 2.75) is 6.92 Å². The molecular formula is C9H10NO2-. The third kappa shape index (κ3) is 1.77. The lowest BCUT2D eigenvalue weighted by Gasteiger charge is -2.28. The van der Waals surface area contributed by atoms with Gasteiger partial charge in [-0.25, -0.2) is 0 Å². The van der Waals surface area contributed by atoms with Crippen molar-refractivity contribution >= 4 is 5.69 Å². The molecule has 12 heavy (non-hydrogen) atoms. The fourth-order valence-corrected chi connectivity index (χ4v) is 0.893. The molecule has 0 spiro atoms. The molecule has 0 saturated carbocycles. The minimum Gasteiger partial charge on any atom is -0.724 e. The van der Waals surface area contributed by atoms with E-state index in [9.17, 15) is 5.21 Å². The van der Waals surface area contributed by atoms with Gasteiger partial charge in [-0.15, -0.1) is 0 Å². The molecule has 0 aromatic heterocycles. The molecule has 0 bridgehead atoms. The van der Waals surface area contributed by atoms with Crippen molar-refractivity contribution in [3.8, 4) is 0 Å². The number of para-hydroxylation sites is 1. The Hall–Kier alpha value is -1.48. The van der Waals surface area contributed by atoms with E-state index in [-0.39, 0.29) is 0 Å². The number of benzene rings is 1. The van der Waals surface area contributed by atoms with Gasteiger partial charge in [-0.3, -0.25) is 5.23 Å². The molecule has 0 fully saturated rings. The molecule has 3 nitrogen and oxygen atoms in total. The molecule has 0 atom stereocenters. The summed E-state index contributed by atoms with van der Waals surface area (Å²) in [5.74, 6) is 0. The molecule has 0 amide bonds. The van der Waals surface area contributed by atoms with E-state index < -0.39 is 0 Å². The Morgan fingerprint density at radius 3 is 2.75 bits per heavy atom. The zero-order chi connectivity index (χ0) is 8.97. The third-order valence-electron chi connectivity index (χ3n) is 1.48.